The Morgan fingerprint density at radius 2 is 1.78 bits per heavy atom. The maximum Gasteiger partial charge on any atom is 0.332 e. The zero-order chi connectivity index (χ0) is 19.5. The van der Waals surface area contributed by atoms with Gasteiger partial charge in [-0.15, -0.1) is 0 Å². The van der Waals surface area contributed by atoms with Gasteiger partial charge in [0.05, 0.1) is 18.3 Å². The van der Waals surface area contributed by atoms with Crippen LogP contribution in [0.15, 0.2) is 39.0 Å². The van der Waals surface area contributed by atoms with Gasteiger partial charge in [-0.1, -0.05) is 23.7 Å². The number of aromatic nitrogens is 4. The fourth-order valence-corrected chi connectivity index (χ4v) is 3.45. The lowest BCUT2D eigenvalue weighted by molar-refractivity contribution is 0.634. The Kier molecular flexibility index (Phi) is 3.96. The summed E-state index contributed by atoms with van der Waals surface area (Å²) in [7, 11) is 3.09. The lowest BCUT2D eigenvalue weighted by Crippen LogP contribution is -2.38. The Morgan fingerprint density at radius 3 is 2.44 bits per heavy atom. The lowest BCUT2D eigenvalue weighted by Gasteiger charge is -2.29. The molecule has 27 heavy (non-hydrogen) atoms. The van der Waals surface area contributed by atoms with E-state index in [0.717, 1.165) is 15.8 Å². The molecular formula is C18H19ClN6O2. The molecule has 0 aliphatic carbocycles. The van der Waals surface area contributed by atoms with Gasteiger partial charge in [0.2, 0.25) is 5.95 Å². The summed E-state index contributed by atoms with van der Waals surface area (Å²) in [6.07, 6.45) is 0. The van der Waals surface area contributed by atoms with Crippen molar-refractivity contribution in [1.29, 1.82) is 0 Å². The second kappa shape index (κ2) is 6.09. The van der Waals surface area contributed by atoms with Gasteiger partial charge in [0.1, 0.15) is 0 Å². The first-order valence-electron chi connectivity index (χ1n) is 8.54. The van der Waals surface area contributed by atoms with Crippen LogP contribution in [0.1, 0.15) is 25.5 Å². The van der Waals surface area contributed by atoms with Crippen molar-refractivity contribution in [3.8, 4) is 0 Å². The molecule has 4 rings (SSSR count). The van der Waals surface area contributed by atoms with Crippen molar-refractivity contribution in [2.75, 3.05) is 5.01 Å². The van der Waals surface area contributed by atoms with Crippen LogP contribution in [0.25, 0.3) is 11.2 Å². The largest absolute Gasteiger partial charge is 0.332 e. The zero-order valence-corrected chi connectivity index (χ0v) is 16.2. The average molecular weight is 387 g/mol. The normalized spacial score (nSPS) is 16.6. The minimum Gasteiger partial charge on any atom is -0.294 e. The minimum absolute atomic E-state index is 0.142. The van der Waals surface area contributed by atoms with E-state index < -0.39 is 5.69 Å². The average Bonchev–Trinajstić information content (AvgIpc) is 3.05. The standard InChI is InChI=1S/C18H19ClN6O2/c1-10-11(2)25-14-15(22(3)18(27)23(4)16(14)26)20-17(25)24(21-10)9-12-5-7-13(19)8-6-12/h5-8,11H,9H2,1-4H3. The van der Waals surface area contributed by atoms with Crippen molar-refractivity contribution >= 4 is 34.4 Å². The Hall–Kier alpha value is -2.87. The van der Waals surface area contributed by atoms with Crippen molar-refractivity contribution in [2.24, 2.45) is 19.2 Å². The molecule has 8 nitrogen and oxygen atoms in total. The zero-order valence-electron chi connectivity index (χ0n) is 15.5. The molecule has 3 heterocycles. The third kappa shape index (κ3) is 2.59. The molecule has 3 aromatic rings. The molecule has 0 fully saturated rings. The van der Waals surface area contributed by atoms with E-state index in [1.165, 1.54) is 11.6 Å². The molecule has 1 atom stereocenters. The smallest absolute Gasteiger partial charge is 0.294 e. The topological polar surface area (TPSA) is 77.4 Å². The fraction of sp³-hybridized carbons (Fsp3) is 0.333. The first-order valence-corrected chi connectivity index (χ1v) is 8.92. The molecule has 0 saturated carbocycles. The summed E-state index contributed by atoms with van der Waals surface area (Å²) in [5, 5.41) is 7.08. The molecule has 1 aliphatic heterocycles. The monoisotopic (exact) mass is 386 g/mol. The number of nitrogens with zero attached hydrogens (tertiary/aromatic N) is 6. The van der Waals surface area contributed by atoms with Crippen molar-refractivity contribution in [1.82, 2.24) is 18.7 Å². The van der Waals surface area contributed by atoms with E-state index in [2.05, 4.69) is 10.1 Å². The van der Waals surface area contributed by atoms with E-state index in [1.54, 1.807) is 12.1 Å². The predicted octanol–water partition coefficient (Wildman–Crippen LogP) is 2.04. The van der Waals surface area contributed by atoms with Crippen molar-refractivity contribution < 1.29 is 0 Å². The molecular weight excluding hydrogens is 368 g/mol. The number of benzene rings is 1. The predicted molar refractivity (Wildman–Crippen MR) is 106 cm³/mol. The number of rotatable bonds is 2. The lowest BCUT2D eigenvalue weighted by atomic mass is 10.2. The van der Waals surface area contributed by atoms with Gasteiger partial charge in [-0.3, -0.25) is 18.5 Å². The second-order valence-corrected chi connectivity index (χ2v) is 7.20. The van der Waals surface area contributed by atoms with E-state index in [0.29, 0.717) is 28.7 Å². The molecule has 0 saturated heterocycles. The molecule has 140 valence electrons. The highest BCUT2D eigenvalue weighted by Crippen LogP contribution is 2.30. The quantitative estimate of drug-likeness (QED) is 0.675. The molecule has 2 aromatic heterocycles. The molecule has 0 radical (unpaired) electrons. The molecule has 1 aliphatic rings. The van der Waals surface area contributed by atoms with Crippen LogP contribution in [0, 0.1) is 0 Å². The van der Waals surface area contributed by atoms with Crippen LogP contribution in [0.4, 0.5) is 5.95 Å². The highest BCUT2D eigenvalue weighted by atomic mass is 35.5. The van der Waals surface area contributed by atoms with Crippen molar-refractivity contribution in [3.63, 3.8) is 0 Å². The van der Waals surface area contributed by atoms with Gasteiger partial charge in [-0.05, 0) is 31.5 Å². The number of hydrogen-bond acceptors (Lipinski definition) is 5. The molecule has 1 unspecified atom stereocenters. The summed E-state index contributed by atoms with van der Waals surface area (Å²) < 4.78 is 4.36. The van der Waals surface area contributed by atoms with Gasteiger partial charge >= 0.3 is 5.69 Å². The summed E-state index contributed by atoms with van der Waals surface area (Å²) in [6, 6.07) is 7.35. The van der Waals surface area contributed by atoms with Gasteiger partial charge in [0, 0.05) is 19.1 Å². The van der Waals surface area contributed by atoms with Crippen LogP contribution < -0.4 is 16.3 Å². The Morgan fingerprint density at radius 1 is 1.11 bits per heavy atom. The van der Waals surface area contributed by atoms with Crippen LogP contribution in [-0.4, -0.2) is 24.4 Å². The molecule has 0 amide bonds. The van der Waals surface area contributed by atoms with Crippen LogP contribution in [0.3, 0.4) is 0 Å². The molecule has 0 spiro atoms. The fourth-order valence-electron chi connectivity index (χ4n) is 3.33. The Labute approximate surface area is 159 Å². The number of halogens is 1. The van der Waals surface area contributed by atoms with E-state index in [4.69, 9.17) is 11.6 Å². The number of fused-ring (bicyclic) bond motifs is 3. The third-order valence-corrected chi connectivity index (χ3v) is 5.27. The SMILES string of the molecule is CC1=NN(Cc2ccc(Cl)cc2)c2nc3c(c(=O)n(C)c(=O)n3C)n2C1C. The summed E-state index contributed by atoms with van der Waals surface area (Å²) in [5.41, 5.74) is 1.85. The van der Waals surface area contributed by atoms with Crippen LogP contribution in [0.2, 0.25) is 5.02 Å². The Balaban J connectivity index is 1.95. The molecule has 9 heteroatoms. The molecule has 0 N–H and O–H groups in total. The van der Waals surface area contributed by atoms with Crippen LogP contribution in [-0.2, 0) is 20.6 Å². The number of imidazole rings is 1. The number of hydrogen-bond donors (Lipinski definition) is 0. The van der Waals surface area contributed by atoms with Gasteiger partial charge in [0.25, 0.3) is 5.56 Å². The van der Waals surface area contributed by atoms with Crippen LogP contribution >= 0.6 is 11.6 Å². The third-order valence-electron chi connectivity index (χ3n) is 5.02. The maximum atomic E-state index is 12.8. The van der Waals surface area contributed by atoms with Gasteiger partial charge in [-0.25, -0.2) is 9.80 Å². The molecule has 1 aromatic carbocycles. The number of anilines is 1. The highest BCUT2D eigenvalue weighted by molar-refractivity contribution is 6.30. The summed E-state index contributed by atoms with van der Waals surface area (Å²) in [4.78, 5) is 29.7. The minimum atomic E-state index is -0.405. The van der Waals surface area contributed by atoms with E-state index in [9.17, 15) is 9.59 Å². The van der Waals surface area contributed by atoms with Crippen molar-refractivity contribution in [3.05, 3.63) is 55.7 Å². The van der Waals surface area contributed by atoms with Gasteiger partial charge < -0.3 is 0 Å². The number of hydrazone groups is 1. The second-order valence-electron chi connectivity index (χ2n) is 6.76. The highest BCUT2D eigenvalue weighted by Gasteiger charge is 2.30. The first-order chi connectivity index (χ1) is 12.8. The Bertz CT molecular complexity index is 1200. The van der Waals surface area contributed by atoms with Gasteiger partial charge in [0.15, 0.2) is 11.2 Å². The van der Waals surface area contributed by atoms with Crippen molar-refractivity contribution in [2.45, 2.75) is 26.4 Å². The summed E-state index contributed by atoms with van der Waals surface area (Å²) in [5.74, 6) is 0.538. The maximum absolute atomic E-state index is 12.8. The number of aryl methyl sites for hydroxylation is 1. The summed E-state index contributed by atoms with van der Waals surface area (Å²) >= 11 is 5.97. The van der Waals surface area contributed by atoms with Gasteiger partial charge in [-0.2, -0.15) is 10.1 Å². The molecule has 0 bridgehead atoms. The first kappa shape index (κ1) is 17.5. The van der Waals surface area contributed by atoms with E-state index in [1.807, 2.05) is 42.7 Å². The van der Waals surface area contributed by atoms with E-state index in [-0.39, 0.29) is 11.6 Å². The van der Waals surface area contributed by atoms with Crippen LogP contribution in [0.5, 0.6) is 0 Å². The van der Waals surface area contributed by atoms with E-state index >= 15 is 0 Å². The summed E-state index contributed by atoms with van der Waals surface area (Å²) in [6.45, 7) is 4.35.